The Morgan fingerprint density at radius 2 is 1.59 bits per heavy atom. The number of anilines is 1. The molecule has 2 N–H and O–H groups in total. The molecule has 4 aromatic carbocycles. The third-order valence-corrected chi connectivity index (χ3v) is 14.2. The summed E-state index contributed by atoms with van der Waals surface area (Å²) >= 11 is 0. The molecule has 2 aromatic heterocycles. The maximum atomic E-state index is 13.4. The zero-order chi connectivity index (χ0) is 43.3. The molecule has 1 unspecified atom stereocenters. The first-order valence-electron chi connectivity index (χ1n) is 21.2. The van der Waals surface area contributed by atoms with Gasteiger partial charge >= 0.3 is 0 Å². The van der Waals surface area contributed by atoms with Crippen LogP contribution >= 0.6 is 8.53 Å². The smallest absolute Gasteiger partial charge is 0.280 e. The Morgan fingerprint density at radius 3 is 2.24 bits per heavy atom. The van der Waals surface area contributed by atoms with E-state index in [2.05, 4.69) is 49.2 Å². The van der Waals surface area contributed by atoms with E-state index in [1.54, 1.807) is 32.6 Å². The van der Waals surface area contributed by atoms with Crippen molar-refractivity contribution in [1.82, 2.24) is 24.2 Å². The fourth-order valence-electron chi connectivity index (χ4n) is 9.24. The second-order valence-electron chi connectivity index (χ2n) is 16.6. The quantitative estimate of drug-likeness (QED) is 0.0835. The number of nitrogens with zero attached hydrogens (tertiary/aromatic N) is 4. The third kappa shape index (κ3) is 7.31. The standard InChI is InChI=1S/C47H49N6O9P/c1-29(2)42(54)50-45-49-41-37(43(55)51-45)48-28-52(41)44-39-40(62-63-53-25-11-16-36(53)38(61-63)30-12-7-5-8-13-30)46(60-44,26-58-39)27-59-47(31-14-9-6-10-15-31,32-17-21-34(56-3)22-18-32)33-19-23-35(57-4)24-20-33/h5-10,12-15,17-24,28-29,36,38-40,44H,11,16,25-27H2,1-4H3,(H2,49,50,51,54,55)/t36-,38+,39+,40-,44+,46+,63?/m0/s1. The molecule has 4 aliphatic heterocycles. The average Bonchev–Trinajstić information content (AvgIpc) is 4.16. The second kappa shape index (κ2) is 16.9. The molecule has 0 aliphatic carbocycles. The molecule has 7 atom stereocenters. The molecule has 4 fully saturated rings. The van der Waals surface area contributed by atoms with E-state index >= 15 is 0 Å². The van der Waals surface area contributed by atoms with Gasteiger partial charge in [-0.15, -0.1) is 0 Å². The lowest BCUT2D eigenvalue weighted by Crippen LogP contribution is -2.49. The summed E-state index contributed by atoms with van der Waals surface area (Å²) in [5.41, 5.74) is 1.12. The van der Waals surface area contributed by atoms with E-state index in [0.29, 0.717) is 11.5 Å². The Morgan fingerprint density at radius 1 is 0.937 bits per heavy atom. The number of carbonyl (C=O) groups is 1. The van der Waals surface area contributed by atoms with Crippen LogP contribution in [0.4, 0.5) is 5.95 Å². The minimum atomic E-state index is -1.58. The van der Waals surface area contributed by atoms with E-state index in [1.165, 1.54) is 6.33 Å². The van der Waals surface area contributed by atoms with Crippen molar-refractivity contribution in [3.8, 4) is 11.5 Å². The lowest BCUT2D eigenvalue weighted by Gasteiger charge is -2.40. The molecule has 0 saturated carbocycles. The van der Waals surface area contributed by atoms with Crippen molar-refractivity contribution >= 4 is 31.5 Å². The Balaban J connectivity index is 1.07. The van der Waals surface area contributed by atoms with Gasteiger partial charge in [-0.1, -0.05) is 98.8 Å². The number of nitrogens with one attached hydrogen (secondary N) is 2. The van der Waals surface area contributed by atoms with Crippen LogP contribution in [0.15, 0.2) is 120 Å². The molecule has 4 aliphatic rings. The summed E-state index contributed by atoms with van der Waals surface area (Å²) in [4.78, 5) is 37.9. The summed E-state index contributed by atoms with van der Waals surface area (Å²) in [7, 11) is 1.71. The van der Waals surface area contributed by atoms with Crippen LogP contribution in [-0.4, -0.2) is 87.9 Å². The van der Waals surface area contributed by atoms with Crippen molar-refractivity contribution in [1.29, 1.82) is 0 Å². The van der Waals surface area contributed by atoms with E-state index in [1.807, 2.05) is 84.9 Å². The lowest BCUT2D eigenvalue weighted by atomic mass is 9.79. The predicted octanol–water partition coefficient (Wildman–Crippen LogP) is 7.25. The highest BCUT2D eigenvalue weighted by Crippen LogP contribution is 2.63. The van der Waals surface area contributed by atoms with Crippen LogP contribution in [0.2, 0.25) is 0 Å². The Hall–Kier alpha value is -5.51. The molecule has 0 radical (unpaired) electrons. The van der Waals surface area contributed by atoms with Gasteiger partial charge in [-0.2, -0.15) is 4.98 Å². The number of rotatable bonds is 14. The Kier molecular flexibility index (Phi) is 11.1. The monoisotopic (exact) mass is 872 g/mol. The van der Waals surface area contributed by atoms with Gasteiger partial charge in [0.1, 0.15) is 41.0 Å². The highest BCUT2D eigenvalue weighted by Gasteiger charge is 2.66. The van der Waals surface area contributed by atoms with Gasteiger partial charge in [0.15, 0.2) is 17.4 Å². The molecule has 6 heterocycles. The summed E-state index contributed by atoms with van der Waals surface area (Å²) in [5.74, 6) is 0.777. The van der Waals surface area contributed by atoms with Gasteiger partial charge in [-0.3, -0.25) is 24.5 Å². The summed E-state index contributed by atoms with van der Waals surface area (Å²) < 4.78 is 50.9. The number of aromatic nitrogens is 4. The molecule has 15 nitrogen and oxygen atoms in total. The van der Waals surface area contributed by atoms with Gasteiger partial charge in [0, 0.05) is 18.5 Å². The zero-order valence-electron chi connectivity index (χ0n) is 35.4. The summed E-state index contributed by atoms with van der Waals surface area (Å²) in [6.45, 7) is 4.50. The molecule has 0 spiro atoms. The highest BCUT2D eigenvalue weighted by molar-refractivity contribution is 7.45. The molecule has 4 saturated heterocycles. The first-order valence-corrected chi connectivity index (χ1v) is 22.4. The summed E-state index contributed by atoms with van der Waals surface area (Å²) in [6, 6.07) is 36.3. The van der Waals surface area contributed by atoms with E-state index in [9.17, 15) is 9.59 Å². The Labute approximate surface area is 365 Å². The largest absolute Gasteiger partial charge is 0.497 e. The molecule has 10 rings (SSSR count). The fraction of sp³-hybridized carbons (Fsp3) is 0.362. The van der Waals surface area contributed by atoms with E-state index in [-0.39, 0.29) is 54.3 Å². The van der Waals surface area contributed by atoms with Crippen LogP contribution < -0.4 is 20.3 Å². The van der Waals surface area contributed by atoms with E-state index < -0.39 is 43.7 Å². The van der Waals surface area contributed by atoms with Crippen LogP contribution in [0, 0.1) is 5.92 Å². The van der Waals surface area contributed by atoms with Crippen molar-refractivity contribution < 1.29 is 37.5 Å². The number of benzene rings is 4. The van der Waals surface area contributed by atoms with Gasteiger partial charge in [0.2, 0.25) is 11.9 Å². The van der Waals surface area contributed by atoms with Crippen LogP contribution in [0.3, 0.4) is 0 Å². The van der Waals surface area contributed by atoms with Crippen LogP contribution in [-0.2, 0) is 33.7 Å². The summed E-state index contributed by atoms with van der Waals surface area (Å²) in [5, 5.41) is 2.72. The molecule has 2 bridgehead atoms. The number of amides is 1. The topological polar surface area (TPSA) is 161 Å². The first kappa shape index (κ1) is 41.5. The van der Waals surface area contributed by atoms with Crippen molar-refractivity contribution in [2.45, 2.75) is 68.5 Å². The van der Waals surface area contributed by atoms with Gasteiger partial charge in [0.25, 0.3) is 14.1 Å². The summed E-state index contributed by atoms with van der Waals surface area (Å²) in [6.07, 6.45) is 1.11. The van der Waals surface area contributed by atoms with Gasteiger partial charge in [-0.05, 0) is 59.4 Å². The molecular formula is C47H49N6O9P. The number of carbonyl (C=O) groups excluding carboxylic acids is 1. The fourth-order valence-corrected chi connectivity index (χ4v) is 11.3. The average molecular weight is 873 g/mol. The number of fused-ring (bicyclic) bond motifs is 4. The van der Waals surface area contributed by atoms with Crippen LogP contribution in [0.25, 0.3) is 11.2 Å². The number of imidazole rings is 1. The number of H-pyrrole nitrogens is 1. The number of ether oxygens (including phenoxy) is 5. The maximum absolute atomic E-state index is 13.4. The first-order chi connectivity index (χ1) is 30.7. The number of hydrogen-bond acceptors (Lipinski definition) is 12. The molecule has 1 amide bonds. The van der Waals surface area contributed by atoms with Crippen molar-refractivity contribution in [3.63, 3.8) is 0 Å². The SMILES string of the molecule is COc1ccc(C(OC[C@@]23CO[C@@H]([C@H](n4cnc5c(=O)[nH]c(NC(=O)C(C)C)nc54)O2)[C@@H]3OP2O[C@H](c3ccccc3)[C@@H]3CCCN32)(c2ccccc2)c2ccc(OC)cc2)cc1. The van der Waals surface area contributed by atoms with Crippen LogP contribution in [0.1, 0.15) is 61.3 Å². The van der Waals surface area contributed by atoms with Crippen molar-refractivity contribution in [2.75, 3.05) is 39.3 Å². The van der Waals surface area contributed by atoms with Gasteiger partial charge in [0.05, 0.1) is 33.8 Å². The lowest BCUT2D eigenvalue weighted by molar-refractivity contribution is -0.201. The number of hydrogen-bond donors (Lipinski definition) is 2. The predicted molar refractivity (Wildman–Crippen MR) is 234 cm³/mol. The number of aromatic amines is 1. The van der Waals surface area contributed by atoms with Gasteiger partial charge < -0.3 is 32.7 Å². The normalized spacial score (nSPS) is 25.5. The van der Waals surface area contributed by atoms with Gasteiger partial charge in [-0.25, -0.2) is 9.65 Å². The molecule has 63 heavy (non-hydrogen) atoms. The van der Waals surface area contributed by atoms with Crippen molar-refractivity contribution in [3.05, 3.63) is 148 Å². The van der Waals surface area contributed by atoms with Crippen molar-refractivity contribution in [2.24, 2.45) is 5.92 Å². The number of methoxy groups -OCH3 is 2. The molecular weight excluding hydrogens is 824 g/mol. The minimum Gasteiger partial charge on any atom is -0.497 e. The molecule has 326 valence electrons. The second-order valence-corrected chi connectivity index (χ2v) is 18.0. The minimum absolute atomic E-state index is 0.00265. The zero-order valence-corrected chi connectivity index (χ0v) is 36.3. The third-order valence-electron chi connectivity index (χ3n) is 12.5. The van der Waals surface area contributed by atoms with E-state index in [4.69, 9.17) is 32.7 Å². The molecule has 6 aromatic rings. The maximum Gasteiger partial charge on any atom is 0.280 e. The van der Waals surface area contributed by atoms with Crippen LogP contribution in [0.5, 0.6) is 11.5 Å². The highest BCUT2D eigenvalue weighted by atomic mass is 31.2. The molecule has 16 heteroatoms. The van der Waals surface area contributed by atoms with E-state index in [0.717, 1.165) is 41.6 Å². The Bertz CT molecular complexity index is 2580.